The number of benzene rings is 1. The summed E-state index contributed by atoms with van der Waals surface area (Å²) in [6.45, 7) is 7.07. The summed E-state index contributed by atoms with van der Waals surface area (Å²) < 4.78 is 33.5. The van der Waals surface area contributed by atoms with Crippen LogP contribution in [-0.2, 0) is 30.1 Å². The molecular weight excluding hydrogens is 458 g/mol. The third kappa shape index (κ3) is 6.94. The van der Waals surface area contributed by atoms with Gasteiger partial charge < -0.3 is 25.6 Å². The number of amides is 2. The summed E-state index contributed by atoms with van der Waals surface area (Å²) in [6.07, 6.45) is 2.11. The maximum Gasteiger partial charge on any atom is 0.241 e. The van der Waals surface area contributed by atoms with Crippen LogP contribution in [0.15, 0.2) is 42.7 Å². The van der Waals surface area contributed by atoms with Gasteiger partial charge in [-0.1, -0.05) is 36.9 Å². The lowest BCUT2D eigenvalue weighted by Gasteiger charge is -2.42. The van der Waals surface area contributed by atoms with Gasteiger partial charge in [-0.05, 0) is 38.2 Å². The highest BCUT2D eigenvalue weighted by atomic mass is 32.2. The van der Waals surface area contributed by atoms with Crippen molar-refractivity contribution in [1.82, 2.24) is 19.8 Å². The smallest absolute Gasteiger partial charge is 0.241 e. The molecule has 2 amide bonds. The molecule has 1 aromatic rings. The van der Waals surface area contributed by atoms with Gasteiger partial charge in [0, 0.05) is 19.7 Å². The number of nitrogens with one attached hydrogen (secondary N) is 2. The van der Waals surface area contributed by atoms with Crippen LogP contribution >= 0.6 is 0 Å². The Bertz CT molecular complexity index is 971. The van der Waals surface area contributed by atoms with Crippen LogP contribution in [0.5, 0.6) is 0 Å². The van der Waals surface area contributed by atoms with Gasteiger partial charge in [-0.15, -0.1) is 0 Å². The summed E-state index contributed by atoms with van der Waals surface area (Å²) >= 11 is 0. The molecule has 3 atom stereocenters. The second kappa shape index (κ2) is 11.7. The molecule has 3 unspecified atom stereocenters. The van der Waals surface area contributed by atoms with Gasteiger partial charge in [-0.2, -0.15) is 0 Å². The number of nitrogens with two attached hydrogens (primary N) is 1. The molecule has 0 aliphatic carbocycles. The maximum absolute atomic E-state index is 12.9. The standard InChI is InChI=1S/C23H35N5O5S/c1-3-33-23-20(12-8-14-28(23)17(2)24)25-21(29)15-27-13-7-11-19(22(27)30)26-34(31,32)16-18-9-5-4-6-10-18/h4-6,9-10,19-20,23,26H,2-3,7-8,11-16,24H2,1H3,(H,25,29). The Morgan fingerprint density at radius 3 is 2.59 bits per heavy atom. The molecule has 3 rings (SSSR count). The molecular formula is C23H35N5O5S. The van der Waals surface area contributed by atoms with Crippen LogP contribution in [0.25, 0.3) is 0 Å². The summed E-state index contributed by atoms with van der Waals surface area (Å²) in [5.74, 6) is -0.531. The van der Waals surface area contributed by atoms with Gasteiger partial charge in [-0.25, -0.2) is 13.1 Å². The number of piperidine rings is 2. The molecule has 11 heteroatoms. The molecule has 0 aromatic heterocycles. The third-order valence-corrected chi connectivity index (χ3v) is 7.36. The molecule has 0 bridgehead atoms. The number of nitrogens with zero attached hydrogens (tertiary/aromatic N) is 2. The minimum Gasteiger partial charge on any atom is -0.386 e. The van der Waals surface area contributed by atoms with Crippen LogP contribution in [-0.4, -0.2) is 74.6 Å². The lowest BCUT2D eigenvalue weighted by Crippen LogP contribution is -2.59. The summed E-state index contributed by atoms with van der Waals surface area (Å²) in [6, 6.07) is 7.62. The van der Waals surface area contributed by atoms with Gasteiger partial charge in [0.25, 0.3) is 0 Å². The average molecular weight is 494 g/mol. The second-order valence-corrected chi connectivity index (χ2v) is 10.4. The fourth-order valence-corrected chi connectivity index (χ4v) is 5.85. The van der Waals surface area contributed by atoms with E-state index in [1.54, 1.807) is 24.3 Å². The van der Waals surface area contributed by atoms with E-state index in [0.717, 1.165) is 12.8 Å². The molecule has 0 saturated carbocycles. The number of rotatable bonds is 10. The van der Waals surface area contributed by atoms with Crippen LogP contribution in [0.3, 0.4) is 0 Å². The molecule has 2 heterocycles. The average Bonchev–Trinajstić information content (AvgIpc) is 2.78. The highest BCUT2D eigenvalue weighted by molar-refractivity contribution is 7.88. The minimum atomic E-state index is -3.71. The molecule has 2 aliphatic rings. The van der Waals surface area contributed by atoms with Gasteiger partial charge in [0.15, 0.2) is 6.23 Å². The Hall–Kier alpha value is -2.63. The van der Waals surface area contributed by atoms with Crippen LogP contribution in [0, 0.1) is 0 Å². The minimum absolute atomic E-state index is 0.144. The van der Waals surface area contributed by atoms with E-state index < -0.39 is 22.3 Å². The molecule has 2 aliphatic heterocycles. The number of carbonyl (C=O) groups is 2. The van der Waals surface area contributed by atoms with Crippen molar-refractivity contribution in [3.8, 4) is 0 Å². The first-order chi connectivity index (χ1) is 16.2. The first-order valence-corrected chi connectivity index (χ1v) is 13.3. The molecule has 4 N–H and O–H groups in total. The van der Waals surface area contributed by atoms with Crippen molar-refractivity contribution in [2.24, 2.45) is 5.73 Å². The zero-order valence-electron chi connectivity index (χ0n) is 19.6. The predicted molar refractivity (Wildman–Crippen MR) is 128 cm³/mol. The van der Waals surface area contributed by atoms with E-state index in [1.807, 2.05) is 17.9 Å². The Morgan fingerprint density at radius 2 is 1.91 bits per heavy atom. The molecule has 2 saturated heterocycles. The van der Waals surface area contributed by atoms with E-state index in [0.29, 0.717) is 43.9 Å². The highest BCUT2D eigenvalue weighted by Gasteiger charge is 2.36. The van der Waals surface area contributed by atoms with E-state index in [1.165, 1.54) is 4.90 Å². The number of likely N-dealkylation sites (tertiary alicyclic amines) is 2. The number of carbonyl (C=O) groups excluding carboxylic acids is 2. The largest absolute Gasteiger partial charge is 0.386 e. The maximum atomic E-state index is 12.9. The Kier molecular flexibility index (Phi) is 8.92. The van der Waals surface area contributed by atoms with Crippen molar-refractivity contribution in [3.05, 3.63) is 48.3 Å². The highest BCUT2D eigenvalue weighted by Crippen LogP contribution is 2.21. The molecule has 2 fully saturated rings. The molecule has 188 valence electrons. The van der Waals surface area contributed by atoms with Crippen molar-refractivity contribution in [2.75, 3.05) is 26.2 Å². The normalized spacial score (nSPS) is 23.6. The van der Waals surface area contributed by atoms with Crippen molar-refractivity contribution in [3.63, 3.8) is 0 Å². The number of sulfonamides is 1. The van der Waals surface area contributed by atoms with Gasteiger partial charge in [0.1, 0.15) is 6.04 Å². The molecule has 34 heavy (non-hydrogen) atoms. The third-order valence-electron chi connectivity index (χ3n) is 6.00. The topological polar surface area (TPSA) is 134 Å². The van der Waals surface area contributed by atoms with Gasteiger partial charge in [0.05, 0.1) is 24.2 Å². The summed E-state index contributed by atoms with van der Waals surface area (Å²) in [7, 11) is -3.71. The van der Waals surface area contributed by atoms with Crippen molar-refractivity contribution >= 4 is 21.8 Å². The fourth-order valence-electron chi connectivity index (χ4n) is 4.48. The Balaban J connectivity index is 1.58. The lowest BCUT2D eigenvalue weighted by molar-refractivity contribution is -0.141. The predicted octanol–water partition coefficient (Wildman–Crippen LogP) is 0.470. The Labute approximate surface area is 201 Å². The number of hydrogen-bond donors (Lipinski definition) is 3. The van der Waals surface area contributed by atoms with Crippen molar-refractivity contribution in [1.29, 1.82) is 0 Å². The van der Waals surface area contributed by atoms with Crippen LogP contribution in [0.1, 0.15) is 38.2 Å². The van der Waals surface area contributed by atoms with Crippen LogP contribution in [0.2, 0.25) is 0 Å². The number of hydrogen-bond acceptors (Lipinski definition) is 7. The summed E-state index contributed by atoms with van der Waals surface area (Å²) in [4.78, 5) is 29.0. The number of ether oxygens (including phenoxy) is 1. The van der Waals surface area contributed by atoms with Gasteiger partial charge in [-0.3, -0.25) is 9.59 Å². The molecule has 0 radical (unpaired) electrons. The van der Waals surface area contributed by atoms with Crippen molar-refractivity contribution in [2.45, 2.75) is 56.7 Å². The summed E-state index contributed by atoms with van der Waals surface area (Å²) in [5, 5.41) is 2.97. The van der Waals surface area contributed by atoms with E-state index in [4.69, 9.17) is 10.5 Å². The quantitative estimate of drug-likeness (QED) is 0.431. The lowest BCUT2D eigenvalue weighted by atomic mass is 10.0. The van der Waals surface area contributed by atoms with Crippen LogP contribution in [0.4, 0.5) is 0 Å². The van der Waals surface area contributed by atoms with Gasteiger partial charge in [0.2, 0.25) is 21.8 Å². The zero-order valence-corrected chi connectivity index (χ0v) is 20.4. The first kappa shape index (κ1) is 26.0. The van der Waals surface area contributed by atoms with E-state index in [9.17, 15) is 18.0 Å². The van der Waals surface area contributed by atoms with E-state index >= 15 is 0 Å². The van der Waals surface area contributed by atoms with E-state index in [2.05, 4.69) is 16.6 Å². The molecule has 1 aromatic carbocycles. The molecule has 10 nitrogen and oxygen atoms in total. The first-order valence-electron chi connectivity index (χ1n) is 11.6. The monoisotopic (exact) mass is 493 g/mol. The van der Waals surface area contributed by atoms with E-state index in [-0.39, 0.29) is 30.2 Å². The van der Waals surface area contributed by atoms with Crippen LogP contribution < -0.4 is 15.8 Å². The zero-order chi connectivity index (χ0) is 24.7. The Morgan fingerprint density at radius 1 is 1.21 bits per heavy atom. The van der Waals surface area contributed by atoms with Gasteiger partial charge >= 0.3 is 0 Å². The van der Waals surface area contributed by atoms with Crippen molar-refractivity contribution < 1.29 is 22.7 Å². The fraction of sp³-hybridized carbons (Fsp3) is 0.565. The SMILES string of the molecule is C=C(N)N1CCCC(NC(=O)CN2CCCC(NS(=O)(=O)Cc3ccccc3)C2=O)C1OCC. The second-order valence-electron chi connectivity index (χ2n) is 8.66. The molecule has 0 spiro atoms. The summed E-state index contributed by atoms with van der Waals surface area (Å²) in [5.41, 5.74) is 6.53.